The van der Waals surface area contributed by atoms with Crippen molar-refractivity contribution >= 4 is 0 Å². The van der Waals surface area contributed by atoms with E-state index in [4.69, 9.17) is 0 Å². The lowest BCUT2D eigenvalue weighted by Crippen LogP contribution is -2.23. The Bertz CT molecular complexity index is 639. The molecule has 0 saturated heterocycles. The third-order valence-electron chi connectivity index (χ3n) is 3.85. The number of aromatic hydroxyl groups is 1. The molecule has 0 heterocycles. The lowest BCUT2D eigenvalue weighted by molar-refractivity contribution is 0.454. The highest BCUT2D eigenvalue weighted by molar-refractivity contribution is 5.34. The molecule has 0 aromatic heterocycles. The Morgan fingerprint density at radius 3 is 2.29 bits per heavy atom. The van der Waals surface area contributed by atoms with Gasteiger partial charge in [-0.1, -0.05) is 29.8 Å². The maximum atomic E-state index is 13.9. The SMILES string of the molecule is Cc1ccc(C)c(C(C)NC(C)c2ccc(O)cc2F)c1. The molecule has 2 aromatic rings. The molecule has 0 aliphatic rings. The Hall–Kier alpha value is -1.87. The second-order valence-electron chi connectivity index (χ2n) is 5.68. The molecule has 2 atom stereocenters. The van der Waals surface area contributed by atoms with Gasteiger partial charge in [0.1, 0.15) is 11.6 Å². The Morgan fingerprint density at radius 2 is 1.62 bits per heavy atom. The van der Waals surface area contributed by atoms with E-state index < -0.39 is 0 Å². The predicted octanol–water partition coefficient (Wildman–Crippen LogP) is 4.56. The smallest absolute Gasteiger partial charge is 0.131 e. The third-order valence-corrected chi connectivity index (χ3v) is 3.85. The minimum atomic E-state index is -0.386. The number of aryl methyl sites for hydroxylation is 2. The lowest BCUT2D eigenvalue weighted by atomic mass is 9.98. The maximum Gasteiger partial charge on any atom is 0.131 e. The summed E-state index contributed by atoms with van der Waals surface area (Å²) in [6, 6.07) is 10.6. The molecule has 0 aliphatic heterocycles. The highest BCUT2D eigenvalue weighted by atomic mass is 19.1. The summed E-state index contributed by atoms with van der Waals surface area (Å²) in [6.07, 6.45) is 0. The van der Waals surface area contributed by atoms with E-state index in [0.717, 1.165) is 6.07 Å². The molecule has 0 saturated carbocycles. The molecule has 2 unspecified atom stereocenters. The number of hydrogen-bond donors (Lipinski definition) is 2. The van der Waals surface area contributed by atoms with E-state index in [1.54, 1.807) is 6.07 Å². The van der Waals surface area contributed by atoms with Crippen molar-refractivity contribution in [2.75, 3.05) is 0 Å². The summed E-state index contributed by atoms with van der Waals surface area (Å²) in [7, 11) is 0. The van der Waals surface area contributed by atoms with Crippen LogP contribution < -0.4 is 5.32 Å². The second-order valence-corrected chi connectivity index (χ2v) is 5.68. The molecule has 2 N–H and O–H groups in total. The predicted molar refractivity (Wildman–Crippen MR) is 83.9 cm³/mol. The van der Waals surface area contributed by atoms with Crippen LogP contribution in [0.1, 0.15) is 48.2 Å². The van der Waals surface area contributed by atoms with Crippen LogP contribution in [0.3, 0.4) is 0 Å². The quantitative estimate of drug-likeness (QED) is 0.864. The van der Waals surface area contributed by atoms with E-state index in [9.17, 15) is 9.50 Å². The number of phenols is 1. The van der Waals surface area contributed by atoms with Crippen LogP contribution in [0.4, 0.5) is 4.39 Å². The van der Waals surface area contributed by atoms with Crippen LogP contribution in [0.15, 0.2) is 36.4 Å². The number of phenolic OH excluding ortho intramolecular Hbond substituents is 1. The molecular formula is C18H22FNO. The van der Waals surface area contributed by atoms with Crippen molar-refractivity contribution < 1.29 is 9.50 Å². The van der Waals surface area contributed by atoms with E-state index >= 15 is 0 Å². The minimum absolute atomic E-state index is 0.0500. The van der Waals surface area contributed by atoms with E-state index in [1.807, 2.05) is 6.92 Å². The first kappa shape index (κ1) is 15.5. The summed E-state index contributed by atoms with van der Waals surface area (Å²) < 4.78 is 13.9. The lowest BCUT2D eigenvalue weighted by Gasteiger charge is -2.23. The molecule has 0 amide bonds. The topological polar surface area (TPSA) is 32.3 Å². The summed E-state index contributed by atoms with van der Waals surface area (Å²) >= 11 is 0. The van der Waals surface area contributed by atoms with Gasteiger partial charge in [0.25, 0.3) is 0 Å². The van der Waals surface area contributed by atoms with Gasteiger partial charge in [-0.25, -0.2) is 4.39 Å². The molecule has 112 valence electrons. The van der Waals surface area contributed by atoms with Crippen LogP contribution in [0.25, 0.3) is 0 Å². The molecule has 0 spiro atoms. The van der Waals surface area contributed by atoms with E-state index in [0.29, 0.717) is 5.56 Å². The highest BCUT2D eigenvalue weighted by Gasteiger charge is 2.16. The zero-order valence-corrected chi connectivity index (χ0v) is 12.9. The van der Waals surface area contributed by atoms with Crippen LogP contribution in [0, 0.1) is 19.7 Å². The molecule has 0 aliphatic carbocycles. The van der Waals surface area contributed by atoms with Crippen molar-refractivity contribution in [2.24, 2.45) is 0 Å². The molecule has 0 bridgehead atoms. The first-order valence-electron chi connectivity index (χ1n) is 7.20. The Balaban J connectivity index is 2.18. The van der Waals surface area contributed by atoms with Gasteiger partial charge in [0.05, 0.1) is 0 Å². The minimum Gasteiger partial charge on any atom is -0.508 e. The summed E-state index contributed by atoms with van der Waals surface area (Å²) in [5.41, 5.74) is 4.22. The molecule has 2 nitrogen and oxygen atoms in total. The first-order valence-corrected chi connectivity index (χ1v) is 7.20. The Morgan fingerprint density at radius 1 is 0.952 bits per heavy atom. The maximum absolute atomic E-state index is 13.9. The van der Waals surface area contributed by atoms with Gasteiger partial charge in [0, 0.05) is 23.7 Å². The van der Waals surface area contributed by atoms with Crippen LogP contribution in [-0.2, 0) is 0 Å². The molecule has 2 aromatic carbocycles. The normalized spacial score (nSPS) is 14.0. The molecule has 21 heavy (non-hydrogen) atoms. The number of nitrogens with one attached hydrogen (secondary N) is 1. The largest absolute Gasteiger partial charge is 0.508 e. The average Bonchev–Trinajstić information content (AvgIpc) is 2.41. The number of halogens is 1. The van der Waals surface area contributed by atoms with Crippen molar-refractivity contribution in [3.05, 3.63) is 64.5 Å². The van der Waals surface area contributed by atoms with Crippen LogP contribution in [-0.4, -0.2) is 5.11 Å². The number of benzene rings is 2. The van der Waals surface area contributed by atoms with Gasteiger partial charge >= 0.3 is 0 Å². The van der Waals surface area contributed by atoms with Gasteiger partial charge in [-0.3, -0.25) is 0 Å². The molecule has 0 radical (unpaired) electrons. The average molecular weight is 287 g/mol. The molecule has 3 heteroatoms. The summed E-state index contributed by atoms with van der Waals surface area (Å²) in [5.74, 6) is -0.436. The summed E-state index contributed by atoms with van der Waals surface area (Å²) in [4.78, 5) is 0. The van der Waals surface area contributed by atoms with Gasteiger partial charge in [0.2, 0.25) is 0 Å². The summed E-state index contributed by atoms with van der Waals surface area (Å²) in [6.45, 7) is 8.16. The van der Waals surface area contributed by atoms with Crippen molar-refractivity contribution in [3.8, 4) is 5.75 Å². The fraction of sp³-hybridized carbons (Fsp3) is 0.333. The van der Waals surface area contributed by atoms with Crippen molar-refractivity contribution in [3.63, 3.8) is 0 Å². The zero-order chi connectivity index (χ0) is 15.6. The highest BCUT2D eigenvalue weighted by Crippen LogP contribution is 2.25. The van der Waals surface area contributed by atoms with Gasteiger partial charge in [-0.05, 0) is 44.9 Å². The molecule has 2 rings (SSSR count). The van der Waals surface area contributed by atoms with Crippen molar-refractivity contribution in [1.29, 1.82) is 0 Å². The van der Waals surface area contributed by atoms with Gasteiger partial charge in [-0.2, -0.15) is 0 Å². The van der Waals surface area contributed by atoms with E-state index in [1.165, 1.54) is 22.8 Å². The summed E-state index contributed by atoms with van der Waals surface area (Å²) in [5, 5.41) is 12.7. The van der Waals surface area contributed by atoms with E-state index in [2.05, 4.69) is 44.3 Å². The second kappa shape index (κ2) is 6.27. The molecular weight excluding hydrogens is 265 g/mol. The van der Waals surface area contributed by atoms with Crippen molar-refractivity contribution in [1.82, 2.24) is 5.32 Å². The fourth-order valence-corrected chi connectivity index (χ4v) is 2.65. The van der Waals surface area contributed by atoms with E-state index in [-0.39, 0.29) is 23.7 Å². The van der Waals surface area contributed by atoms with Gasteiger partial charge < -0.3 is 10.4 Å². The first-order chi connectivity index (χ1) is 9.88. The monoisotopic (exact) mass is 287 g/mol. The Kier molecular flexibility index (Phi) is 4.63. The van der Waals surface area contributed by atoms with Crippen LogP contribution >= 0.6 is 0 Å². The van der Waals surface area contributed by atoms with Gasteiger partial charge in [0.15, 0.2) is 0 Å². The number of hydrogen-bond acceptors (Lipinski definition) is 2. The molecule has 0 fully saturated rings. The van der Waals surface area contributed by atoms with Crippen LogP contribution in [0.5, 0.6) is 5.75 Å². The van der Waals surface area contributed by atoms with Crippen LogP contribution in [0.2, 0.25) is 0 Å². The van der Waals surface area contributed by atoms with Crippen molar-refractivity contribution in [2.45, 2.75) is 39.8 Å². The Labute approximate surface area is 125 Å². The standard InChI is InChI=1S/C18H22FNO/c1-11-5-6-12(2)17(9-11)14(4)20-13(3)16-8-7-15(21)10-18(16)19/h5-10,13-14,20-21H,1-4H3. The number of rotatable bonds is 4. The fourth-order valence-electron chi connectivity index (χ4n) is 2.65. The van der Waals surface area contributed by atoms with Gasteiger partial charge in [-0.15, -0.1) is 0 Å². The zero-order valence-electron chi connectivity index (χ0n) is 12.9. The third kappa shape index (κ3) is 3.61.